The summed E-state index contributed by atoms with van der Waals surface area (Å²) in [5.74, 6) is 2.25. The molecule has 0 saturated carbocycles. The molecule has 0 aromatic carbocycles. The van der Waals surface area contributed by atoms with Crippen LogP contribution >= 0.6 is 11.8 Å². The third-order valence-corrected chi connectivity index (χ3v) is 3.42. The molecule has 6 heteroatoms. The highest BCUT2D eigenvalue weighted by molar-refractivity contribution is 7.99. The molecule has 1 N–H and O–H groups in total. The molecule has 2 heterocycles. The lowest BCUT2D eigenvalue weighted by Crippen LogP contribution is -2.17. The smallest absolute Gasteiger partial charge is 0.257 e. The van der Waals surface area contributed by atoms with Crippen LogP contribution in [0.15, 0.2) is 12.4 Å². The summed E-state index contributed by atoms with van der Waals surface area (Å²) in [5, 5.41) is 7.15. The molecular formula is C9H13F2N3S. The number of hydrogen-bond acceptors (Lipinski definition) is 3. The summed E-state index contributed by atoms with van der Waals surface area (Å²) < 4.78 is 25.4. The fraction of sp³-hybridized carbons (Fsp3) is 0.667. The van der Waals surface area contributed by atoms with Gasteiger partial charge in [-0.05, 0) is 12.2 Å². The first-order valence-corrected chi connectivity index (χ1v) is 6.04. The van der Waals surface area contributed by atoms with Crippen LogP contribution in [0.4, 0.5) is 14.5 Å². The maximum Gasteiger partial charge on any atom is 0.257 e. The van der Waals surface area contributed by atoms with Crippen molar-refractivity contribution in [2.24, 2.45) is 0 Å². The second kappa shape index (κ2) is 4.83. The van der Waals surface area contributed by atoms with E-state index in [2.05, 4.69) is 10.4 Å². The Morgan fingerprint density at radius 1 is 1.67 bits per heavy atom. The van der Waals surface area contributed by atoms with E-state index in [1.807, 2.05) is 11.8 Å². The van der Waals surface area contributed by atoms with E-state index < -0.39 is 6.43 Å². The predicted molar refractivity (Wildman–Crippen MR) is 57.6 cm³/mol. The monoisotopic (exact) mass is 233 g/mol. The zero-order valence-electron chi connectivity index (χ0n) is 8.20. The standard InChI is InChI=1S/C9H13F2N3S/c10-9(11)5-14-4-8(3-12-14)13-7-1-2-15-6-7/h3-4,7,9,13H,1-2,5-6H2. The predicted octanol–water partition coefficient (Wildman–Crippen LogP) is 2.07. The number of rotatable bonds is 4. The first-order valence-electron chi connectivity index (χ1n) is 4.89. The molecule has 0 spiro atoms. The van der Waals surface area contributed by atoms with Crippen molar-refractivity contribution in [2.45, 2.75) is 25.4 Å². The topological polar surface area (TPSA) is 29.9 Å². The van der Waals surface area contributed by atoms with E-state index >= 15 is 0 Å². The molecule has 1 aliphatic rings. The summed E-state index contributed by atoms with van der Waals surface area (Å²) in [6.07, 6.45) is 2.02. The van der Waals surface area contributed by atoms with Gasteiger partial charge in [-0.15, -0.1) is 0 Å². The van der Waals surface area contributed by atoms with Crippen LogP contribution in [0, 0.1) is 0 Å². The van der Waals surface area contributed by atoms with Gasteiger partial charge >= 0.3 is 0 Å². The molecule has 1 unspecified atom stereocenters. The molecule has 0 aliphatic carbocycles. The van der Waals surface area contributed by atoms with Gasteiger partial charge in [-0.25, -0.2) is 8.78 Å². The highest BCUT2D eigenvalue weighted by Gasteiger charge is 2.15. The van der Waals surface area contributed by atoms with Crippen molar-refractivity contribution in [3.05, 3.63) is 12.4 Å². The van der Waals surface area contributed by atoms with Crippen LogP contribution in [-0.4, -0.2) is 33.8 Å². The largest absolute Gasteiger partial charge is 0.379 e. The quantitative estimate of drug-likeness (QED) is 0.863. The Kier molecular flexibility index (Phi) is 3.45. The van der Waals surface area contributed by atoms with Crippen molar-refractivity contribution in [3.63, 3.8) is 0 Å². The van der Waals surface area contributed by atoms with Crippen LogP contribution in [0.1, 0.15) is 6.42 Å². The van der Waals surface area contributed by atoms with Crippen molar-refractivity contribution >= 4 is 17.4 Å². The highest BCUT2D eigenvalue weighted by atomic mass is 32.2. The highest BCUT2D eigenvalue weighted by Crippen LogP contribution is 2.21. The number of aromatic nitrogens is 2. The van der Waals surface area contributed by atoms with Gasteiger partial charge in [0.15, 0.2) is 0 Å². The van der Waals surface area contributed by atoms with Crippen LogP contribution in [0.2, 0.25) is 0 Å². The molecule has 0 bridgehead atoms. The van der Waals surface area contributed by atoms with Crippen LogP contribution in [0.25, 0.3) is 0 Å². The molecule has 0 amide bonds. The van der Waals surface area contributed by atoms with E-state index in [4.69, 9.17) is 0 Å². The molecule has 2 rings (SSSR count). The number of alkyl halides is 2. The fourth-order valence-electron chi connectivity index (χ4n) is 1.56. The molecule has 1 fully saturated rings. The van der Waals surface area contributed by atoms with Crippen LogP contribution < -0.4 is 5.32 Å². The van der Waals surface area contributed by atoms with Gasteiger partial charge in [-0.1, -0.05) is 0 Å². The third kappa shape index (κ3) is 3.09. The Morgan fingerprint density at radius 2 is 2.53 bits per heavy atom. The second-order valence-corrected chi connectivity index (χ2v) is 4.70. The lowest BCUT2D eigenvalue weighted by atomic mass is 10.2. The number of nitrogens with one attached hydrogen (secondary N) is 1. The molecule has 1 aromatic heterocycles. The molecule has 1 aromatic rings. The Bertz CT molecular complexity index is 310. The lowest BCUT2D eigenvalue weighted by molar-refractivity contribution is 0.122. The van der Waals surface area contributed by atoms with Crippen LogP contribution in [-0.2, 0) is 6.54 Å². The summed E-state index contributed by atoms with van der Waals surface area (Å²) >= 11 is 1.91. The number of anilines is 1. The zero-order chi connectivity index (χ0) is 10.7. The van der Waals surface area contributed by atoms with Crippen molar-refractivity contribution in [1.82, 2.24) is 9.78 Å². The number of hydrogen-bond donors (Lipinski definition) is 1. The Morgan fingerprint density at radius 3 is 3.20 bits per heavy atom. The van der Waals surface area contributed by atoms with E-state index in [1.165, 1.54) is 10.4 Å². The van der Waals surface area contributed by atoms with Crippen LogP contribution in [0.3, 0.4) is 0 Å². The van der Waals surface area contributed by atoms with Gasteiger partial charge in [0.25, 0.3) is 6.43 Å². The summed E-state index contributed by atoms with van der Waals surface area (Å²) in [6.45, 7) is -0.332. The van der Waals surface area contributed by atoms with E-state index in [-0.39, 0.29) is 6.54 Å². The molecule has 1 saturated heterocycles. The Balaban J connectivity index is 1.88. The van der Waals surface area contributed by atoms with Crippen LogP contribution in [0.5, 0.6) is 0 Å². The maximum absolute atomic E-state index is 12.1. The van der Waals surface area contributed by atoms with Crippen molar-refractivity contribution in [1.29, 1.82) is 0 Å². The molecule has 3 nitrogen and oxygen atoms in total. The van der Waals surface area contributed by atoms with E-state index in [9.17, 15) is 8.78 Å². The summed E-state index contributed by atoms with van der Waals surface area (Å²) in [4.78, 5) is 0. The van der Waals surface area contributed by atoms with Crippen molar-refractivity contribution < 1.29 is 8.78 Å². The summed E-state index contributed by atoms with van der Waals surface area (Å²) in [7, 11) is 0. The van der Waals surface area contributed by atoms with E-state index in [0.29, 0.717) is 6.04 Å². The first kappa shape index (κ1) is 10.7. The van der Waals surface area contributed by atoms with Gasteiger partial charge in [0.1, 0.15) is 6.54 Å². The molecule has 15 heavy (non-hydrogen) atoms. The Hall–Kier alpha value is -0.780. The first-order chi connectivity index (χ1) is 7.24. The molecular weight excluding hydrogens is 220 g/mol. The van der Waals surface area contributed by atoms with Gasteiger partial charge in [0.05, 0.1) is 11.9 Å². The van der Waals surface area contributed by atoms with Gasteiger partial charge in [0.2, 0.25) is 0 Å². The Labute approximate surface area is 91.2 Å². The SMILES string of the molecule is FC(F)Cn1cc(NC2CCSC2)cn1. The minimum atomic E-state index is -2.35. The zero-order valence-corrected chi connectivity index (χ0v) is 9.01. The van der Waals surface area contributed by atoms with Gasteiger partial charge in [-0.3, -0.25) is 4.68 Å². The lowest BCUT2D eigenvalue weighted by Gasteiger charge is -2.09. The minimum absolute atomic E-state index is 0.332. The minimum Gasteiger partial charge on any atom is -0.379 e. The van der Waals surface area contributed by atoms with Gasteiger partial charge in [-0.2, -0.15) is 16.9 Å². The number of thioether (sulfide) groups is 1. The average Bonchev–Trinajstić information content (AvgIpc) is 2.77. The second-order valence-electron chi connectivity index (χ2n) is 3.55. The van der Waals surface area contributed by atoms with Gasteiger partial charge < -0.3 is 5.32 Å². The molecule has 1 atom stereocenters. The third-order valence-electron chi connectivity index (χ3n) is 2.26. The fourth-order valence-corrected chi connectivity index (χ4v) is 2.72. The number of halogens is 2. The normalized spacial score (nSPS) is 21.1. The van der Waals surface area contributed by atoms with Gasteiger partial charge in [0, 0.05) is 18.0 Å². The maximum atomic E-state index is 12.1. The average molecular weight is 233 g/mol. The van der Waals surface area contributed by atoms with Crippen molar-refractivity contribution in [3.8, 4) is 0 Å². The molecule has 84 valence electrons. The molecule has 1 aliphatic heterocycles. The summed E-state index contributed by atoms with van der Waals surface area (Å²) in [5.41, 5.74) is 0.836. The molecule has 0 radical (unpaired) electrons. The summed E-state index contributed by atoms with van der Waals surface area (Å²) in [6, 6.07) is 0.458. The number of nitrogens with zero attached hydrogens (tertiary/aromatic N) is 2. The van der Waals surface area contributed by atoms with Crippen molar-refractivity contribution in [2.75, 3.05) is 16.8 Å². The van der Waals surface area contributed by atoms with E-state index in [0.717, 1.165) is 17.9 Å². The van der Waals surface area contributed by atoms with E-state index in [1.54, 1.807) is 12.4 Å².